The number of benzene rings is 2. The van der Waals surface area contributed by atoms with Crippen molar-refractivity contribution in [1.82, 2.24) is 0 Å². The van der Waals surface area contributed by atoms with E-state index in [0.29, 0.717) is 5.69 Å². The molecule has 7 heteroatoms. The quantitative estimate of drug-likeness (QED) is 0.653. The number of halogens is 1. The van der Waals surface area contributed by atoms with Crippen molar-refractivity contribution in [2.24, 2.45) is 0 Å². The normalized spacial score (nSPS) is 10.1. The molecule has 0 aliphatic heterocycles. The van der Waals surface area contributed by atoms with Crippen molar-refractivity contribution in [2.45, 2.75) is 20.3 Å². The molecular weight excluding hydrogens is 363 g/mol. The molecule has 0 saturated carbocycles. The third kappa shape index (κ3) is 6.09. The van der Waals surface area contributed by atoms with Gasteiger partial charge in [-0.15, -0.1) is 0 Å². The molecule has 0 unspecified atom stereocenters. The molecule has 2 aromatic rings. The van der Waals surface area contributed by atoms with Gasteiger partial charge in [0.05, 0.1) is 12.5 Å². The highest BCUT2D eigenvalue weighted by atomic mass is 19.1. The lowest BCUT2D eigenvalue weighted by Crippen LogP contribution is -2.36. The summed E-state index contributed by atoms with van der Waals surface area (Å²) in [5, 5.41) is 8.85. The first-order chi connectivity index (χ1) is 13.4. The maximum Gasteiger partial charge on any atom is 0.344 e. The van der Waals surface area contributed by atoms with E-state index < -0.39 is 30.9 Å². The Balaban J connectivity index is 1.96. The van der Waals surface area contributed by atoms with E-state index in [1.807, 2.05) is 38.1 Å². The van der Waals surface area contributed by atoms with Crippen LogP contribution in [0.1, 0.15) is 17.5 Å². The van der Waals surface area contributed by atoms with Gasteiger partial charge in [0.15, 0.2) is 24.8 Å². The second kappa shape index (κ2) is 10.1. The van der Waals surface area contributed by atoms with Gasteiger partial charge in [-0.3, -0.25) is 4.79 Å². The van der Waals surface area contributed by atoms with Crippen LogP contribution in [0.25, 0.3) is 0 Å². The van der Waals surface area contributed by atoms with E-state index in [9.17, 15) is 14.0 Å². The van der Waals surface area contributed by atoms with Crippen LogP contribution in [0.15, 0.2) is 42.5 Å². The predicted octanol–water partition coefficient (Wildman–Crippen LogP) is 3.31. The first-order valence-electron chi connectivity index (χ1n) is 8.69. The van der Waals surface area contributed by atoms with Crippen molar-refractivity contribution in [3.63, 3.8) is 0 Å². The van der Waals surface area contributed by atoms with Gasteiger partial charge in [-0.1, -0.05) is 18.2 Å². The van der Waals surface area contributed by atoms with Crippen LogP contribution in [0.2, 0.25) is 0 Å². The summed E-state index contributed by atoms with van der Waals surface area (Å²) < 4.78 is 23.5. The molecule has 28 heavy (non-hydrogen) atoms. The van der Waals surface area contributed by atoms with E-state index in [0.717, 1.165) is 11.1 Å². The number of hydrogen-bond donors (Lipinski definition) is 0. The summed E-state index contributed by atoms with van der Waals surface area (Å²) in [6, 6.07) is 13.3. The third-order valence-electron chi connectivity index (χ3n) is 3.81. The van der Waals surface area contributed by atoms with E-state index in [2.05, 4.69) is 0 Å². The molecule has 2 rings (SSSR count). The summed E-state index contributed by atoms with van der Waals surface area (Å²) in [5.74, 6) is -1.92. The zero-order valence-electron chi connectivity index (χ0n) is 15.8. The molecule has 0 atom stereocenters. The molecule has 0 aromatic heterocycles. The van der Waals surface area contributed by atoms with Gasteiger partial charge in [0.2, 0.25) is 0 Å². The molecule has 0 saturated heterocycles. The van der Waals surface area contributed by atoms with Gasteiger partial charge < -0.3 is 14.4 Å². The number of ether oxygens (including phenoxy) is 2. The first kappa shape index (κ1) is 20.9. The van der Waals surface area contributed by atoms with Gasteiger partial charge in [0.1, 0.15) is 0 Å². The van der Waals surface area contributed by atoms with Crippen LogP contribution < -0.4 is 9.64 Å². The number of para-hydroxylation sites is 1. The lowest BCUT2D eigenvalue weighted by atomic mass is 10.1. The van der Waals surface area contributed by atoms with Gasteiger partial charge >= 0.3 is 5.97 Å². The van der Waals surface area contributed by atoms with Crippen LogP contribution in [0.4, 0.5) is 10.1 Å². The Morgan fingerprint density at radius 3 is 2.43 bits per heavy atom. The molecule has 2 aromatic carbocycles. The number of rotatable bonds is 8. The SMILES string of the molecule is Cc1cc(C)cc(N(CCC#N)C(=O)COC(=O)COc2ccccc2F)c1. The molecular formula is C21H21FN2O4. The average molecular weight is 384 g/mol. The Morgan fingerprint density at radius 2 is 1.79 bits per heavy atom. The van der Waals surface area contributed by atoms with Crippen LogP contribution in [-0.4, -0.2) is 31.6 Å². The standard InChI is InChI=1S/C21H21FN2O4/c1-15-10-16(2)12-17(11-15)24(9-5-8-23)20(25)13-28-21(26)14-27-19-7-4-3-6-18(19)22/h3-4,6-7,10-12H,5,9,13-14H2,1-2H3. The fourth-order valence-electron chi connectivity index (χ4n) is 2.63. The number of esters is 1. The third-order valence-corrected chi connectivity index (χ3v) is 3.81. The Morgan fingerprint density at radius 1 is 1.11 bits per heavy atom. The van der Waals surface area contributed by atoms with Crippen LogP contribution in [0.3, 0.4) is 0 Å². The molecule has 0 heterocycles. The monoisotopic (exact) mass is 384 g/mol. The van der Waals surface area contributed by atoms with Gasteiger partial charge in [0, 0.05) is 12.2 Å². The topological polar surface area (TPSA) is 79.6 Å². The summed E-state index contributed by atoms with van der Waals surface area (Å²) in [6.45, 7) is 2.97. The largest absolute Gasteiger partial charge is 0.479 e. The minimum atomic E-state index is -0.794. The van der Waals surface area contributed by atoms with Crippen molar-refractivity contribution in [3.05, 3.63) is 59.4 Å². The number of aryl methyl sites for hydroxylation is 2. The number of carbonyl (C=O) groups excluding carboxylic acids is 2. The van der Waals surface area contributed by atoms with Gasteiger partial charge in [0.25, 0.3) is 5.91 Å². The zero-order valence-corrected chi connectivity index (χ0v) is 15.8. The summed E-state index contributed by atoms with van der Waals surface area (Å²) in [7, 11) is 0. The number of carbonyl (C=O) groups is 2. The second-order valence-electron chi connectivity index (χ2n) is 6.18. The van der Waals surface area contributed by atoms with E-state index in [1.165, 1.54) is 23.1 Å². The number of anilines is 1. The van der Waals surface area contributed by atoms with Gasteiger partial charge in [-0.25, -0.2) is 9.18 Å². The predicted molar refractivity (Wildman–Crippen MR) is 101 cm³/mol. The van der Waals surface area contributed by atoms with E-state index in [1.54, 1.807) is 6.07 Å². The highest BCUT2D eigenvalue weighted by Gasteiger charge is 2.18. The lowest BCUT2D eigenvalue weighted by Gasteiger charge is -2.22. The summed E-state index contributed by atoms with van der Waals surface area (Å²) in [6.07, 6.45) is 0.142. The van der Waals surface area contributed by atoms with Crippen molar-refractivity contribution in [2.75, 3.05) is 24.7 Å². The number of nitriles is 1. The summed E-state index contributed by atoms with van der Waals surface area (Å²) >= 11 is 0. The first-order valence-corrected chi connectivity index (χ1v) is 8.69. The minimum absolute atomic E-state index is 0.0725. The molecule has 0 radical (unpaired) electrons. The zero-order chi connectivity index (χ0) is 20.5. The summed E-state index contributed by atoms with van der Waals surface area (Å²) in [4.78, 5) is 25.8. The molecule has 0 N–H and O–H groups in total. The van der Waals surface area contributed by atoms with Crippen LogP contribution in [0.5, 0.6) is 5.75 Å². The van der Waals surface area contributed by atoms with E-state index in [4.69, 9.17) is 14.7 Å². The Kier molecular flexibility index (Phi) is 7.52. The van der Waals surface area contributed by atoms with E-state index in [-0.39, 0.29) is 18.7 Å². The Bertz CT molecular complexity index is 872. The number of nitrogens with zero attached hydrogens (tertiary/aromatic N) is 2. The lowest BCUT2D eigenvalue weighted by molar-refractivity contribution is -0.149. The number of amides is 1. The molecule has 0 bridgehead atoms. The van der Waals surface area contributed by atoms with Gasteiger partial charge in [-0.2, -0.15) is 5.26 Å². The average Bonchev–Trinajstić information content (AvgIpc) is 2.65. The Hall–Kier alpha value is -3.40. The fraction of sp³-hybridized carbons (Fsp3) is 0.286. The van der Waals surface area contributed by atoms with Crippen molar-refractivity contribution < 1.29 is 23.5 Å². The smallest absolute Gasteiger partial charge is 0.344 e. The van der Waals surface area contributed by atoms with Gasteiger partial charge in [-0.05, 0) is 49.2 Å². The molecule has 0 spiro atoms. The summed E-state index contributed by atoms with van der Waals surface area (Å²) in [5.41, 5.74) is 2.58. The van der Waals surface area contributed by atoms with Crippen molar-refractivity contribution >= 4 is 17.6 Å². The molecule has 0 fully saturated rings. The maximum atomic E-state index is 13.5. The van der Waals surface area contributed by atoms with E-state index >= 15 is 0 Å². The maximum absolute atomic E-state index is 13.5. The minimum Gasteiger partial charge on any atom is -0.479 e. The molecule has 1 amide bonds. The number of hydrogen-bond acceptors (Lipinski definition) is 5. The second-order valence-corrected chi connectivity index (χ2v) is 6.18. The molecule has 146 valence electrons. The molecule has 6 nitrogen and oxygen atoms in total. The highest BCUT2D eigenvalue weighted by molar-refractivity contribution is 5.95. The molecule has 0 aliphatic carbocycles. The fourth-order valence-corrected chi connectivity index (χ4v) is 2.63. The van der Waals surface area contributed by atoms with Crippen molar-refractivity contribution in [1.29, 1.82) is 5.26 Å². The van der Waals surface area contributed by atoms with Crippen LogP contribution >= 0.6 is 0 Å². The van der Waals surface area contributed by atoms with Crippen LogP contribution in [0, 0.1) is 31.0 Å². The molecule has 0 aliphatic rings. The Labute approximate surface area is 163 Å². The van der Waals surface area contributed by atoms with Crippen molar-refractivity contribution in [3.8, 4) is 11.8 Å². The highest BCUT2D eigenvalue weighted by Crippen LogP contribution is 2.20. The van der Waals surface area contributed by atoms with Crippen LogP contribution in [-0.2, 0) is 14.3 Å².